The van der Waals surface area contributed by atoms with Crippen LogP contribution in [0.5, 0.6) is 0 Å². The van der Waals surface area contributed by atoms with Crippen molar-refractivity contribution in [3.8, 4) is 0 Å². The number of aliphatic hydroxyl groups is 1. The molecule has 0 saturated heterocycles. The lowest BCUT2D eigenvalue weighted by Gasteiger charge is -2.14. The minimum atomic E-state index is 0.134. The summed E-state index contributed by atoms with van der Waals surface area (Å²) in [5.74, 6) is 0.710. The molecule has 0 aliphatic heterocycles. The molecule has 1 heterocycles. The molecule has 0 radical (unpaired) electrons. The molecule has 2 aromatic rings. The molecule has 4 nitrogen and oxygen atoms in total. The lowest BCUT2D eigenvalue weighted by atomic mass is 10.2. The molecular formula is C12H14ClN3O. The molecular weight excluding hydrogens is 238 g/mol. The number of aromatic nitrogens is 2. The van der Waals surface area contributed by atoms with Crippen molar-refractivity contribution in [3.63, 3.8) is 0 Å². The van der Waals surface area contributed by atoms with E-state index in [4.69, 9.17) is 16.7 Å². The van der Waals surface area contributed by atoms with Crippen molar-refractivity contribution >= 4 is 28.3 Å². The van der Waals surface area contributed by atoms with Gasteiger partial charge in [0.2, 0.25) is 5.28 Å². The molecule has 5 heteroatoms. The van der Waals surface area contributed by atoms with Gasteiger partial charge in [0, 0.05) is 18.0 Å². The van der Waals surface area contributed by atoms with E-state index in [1.165, 1.54) is 0 Å². The van der Waals surface area contributed by atoms with Gasteiger partial charge >= 0.3 is 0 Å². The van der Waals surface area contributed by atoms with Gasteiger partial charge in [-0.25, -0.2) is 9.97 Å². The van der Waals surface area contributed by atoms with E-state index in [9.17, 15) is 0 Å². The maximum Gasteiger partial charge on any atom is 0.224 e. The topological polar surface area (TPSA) is 58.0 Å². The van der Waals surface area contributed by atoms with Gasteiger partial charge in [-0.3, -0.25) is 0 Å². The van der Waals surface area contributed by atoms with Crippen LogP contribution in [0.1, 0.15) is 13.3 Å². The molecule has 2 rings (SSSR count). The van der Waals surface area contributed by atoms with Crippen LogP contribution in [0.2, 0.25) is 5.28 Å². The lowest BCUT2D eigenvalue weighted by Crippen LogP contribution is -2.17. The number of rotatable bonds is 4. The van der Waals surface area contributed by atoms with Crippen LogP contribution in [0, 0.1) is 0 Å². The van der Waals surface area contributed by atoms with Gasteiger partial charge in [0.05, 0.1) is 5.52 Å². The quantitative estimate of drug-likeness (QED) is 0.820. The highest BCUT2D eigenvalue weighted by Gasteiger charge is 2.08. The maximum atomic E-state index is 8.88. The third kappa shape index (κ3) is 2.84. The van der Waals surface area contributed by atoms with Crippen molar-refractivity contribution in [2.24, 2.45) is 0 Å². The second kappa shape index (κ2) is 5.29. The monoisotopic (exact) mass is 251 g/mol. The minimum absolute atomic E-state index is 0.134. The predicted molar refractivity (Wildman–Crippen MR) is 69.3 cm³/mol. The molecule has 1 aromatic heterocycles. The molecule has 1 unspecified atom stereocenters. The number of halogens is 1. The Morgan fingerprint density at radius 1 is 1.35 bits per heavy atom. The number of para-hydroxylation sites is 1. The van der Waals surface area contributed by atoms with E-state index in [1.54, 1.807) is 0 Å². The molecule has 0 spiro atoms. The largest absolute Gasteiger partial charge is 0.396 e. The molecule has 0 fully saturated rings. The second-order valence-electron chi connectivity index (χ2n) is 3.92. The molecule has 1 aromatic carbocycles. The number of anilines is 1. The van der Waals surface area contributed by atoms with E-state index < -0.39 is 0 Å². The van der Waals surface area contributed by atoms with Gasteiger partial charge in [-0.2, -0.15) is 0 Å². The minimum Gasteiger partial charge on any atom is -0.396 e. The van der Waals surface area contributed by atoms with Crippen LogP contribution >= 0.6 is 11.6 Å². The Bertz CT molecular complexity index is 518. The van der Waals surface area contributed by atoms with Gasteiger partial charge < -0.3 is 10.4 Å². The number of aliphatic hydroxyl groups excluding tert-OH is 1. The van der Waals surface area contributed by atoms with Crippen molar-refractivity contribution in [1.29, 1.82) is 0 Å². The van der Waals surface area contributed by atoms with E-state index in [2.05, 4.69) is 15.3 Å². The molecule has 2 N–H and O–H groups in total. The Morgan fingerprint density at radius 3 is 2.88 bits per heavy atom. The molecule has 1 atom stereocenters. The fourth-order valence-corrected chi connectivity index (χ4v) is 1.83. The summed E-state index contributed by atoms with van der Waals surface area (Å²) in [6.07, 6.45) is 0.663. The first-order chi connectivity index (χ1) is 8.20. The van der Waals surface area contributed by atoms with Gasteiger partial charge in [-0.05, 0) is 37.1 Å². The van der Waals surface area contributed by atoms with E-state index >= 15 is 0 Å². The standard InChI is InChI=1S/C12H14ClN3O/c1-8(6-7-17)14-11-9-4-2-3-5-10(9)15-12(13)16-11/h2-5,8,17H,6-7H2,1H3,(H,14,15,16). The predicted octanol–water partition coefficient (Wildman–Crippen LogP) is 2.47. The van der Waals surface area contributed by atoms with Crippen molar-refractivity contribution in [2.75, 3.05) is 11.9 Å². The normalized spacial score (nSPS) is 12.6. The third-order valence-corrected chi connectivity index (χ3v) is 2.69. The molecule has 0 aliphatic rings. The van der Waals surface area contributed by atoms with Crippen molar-refractivity contribution in [1.82, 2.24) is 9.97 Å². The Hall–Kier alpha value is -1.39. The molecule has 0 saturated carbocycles. The number of hydrogen-bond donors (Lipinski definition) is 2. The van der Waals surface area contributed by atoms with E-state index in [-0.39, 0.29) is 17.9 Å². The Morgan fingerprint density at radius 2 is 2.12 bits per heavy atom. The SMILES string of the molecule is CC(CCO)Nc1nc(Cl)nc2ccccc12. The first-order valence-electron chi connectivity index (χ1n) is 5.50. The fraction of sp³-hybridized carbons (Fsp3) is 0.333. The van der Waals surface area contributed by atoms with Crippen molar-refractivity contribution in [3.05, 3.63) is 29.5 Å². The van der Waals surface area contributed by atoms with Crippen LogP contribution in [0.3, 0.4) is 0 Å². The van der Waals surface area contributed by atoms with Gasteiger partial charge in [-0.15, -0.1) is 0 Å². The van der Waals surface area contributed by atoms with Crippen LogP contribution in [0.4, 0.5) is 5.82 Å². The van der Waals surface area contributed by atoms with Crippen molar-refractivity contribution in [2.45, 2.75) is 19.4 Å². The average molecular weight is 252 g/mol. The van der Waals surface area contributed by atoms with Crippen LogP contribution in [-0.2, 0) is 0 Å². The molecule has 0 bridgehead atoms. The summed E-state index contributed by atoms with van der Waals surface area (Å²) < 4.78 is 0. The smallest absolute Gasteiger partial charge is 0.224 e. The summed E-state index contributed by atoms with van der Waals surface area (Å²) in [7, 11) is 0. The van der Waals surface area contributed by atoms with Crippen LogP contribution in [0.25, 0.3) is 10.9 Å². The highest BCUT2D eigenvalue weighted by molar-refractivity contribution is 6.28. The molecule has 0 amide bonds. The summed E-state index contributed by atoms with van der Waals surface area (Å²) >= 11 is 5.87. The molecule has 0 aliphatic carbocycles. The maximum absolute atomic E-state index is 8.88. The number of benzene rings is 1. The van der Waals surface area contributed by atoms with Crippen molar-refractivity contribution < 1.29 is 5.11 Å². The summed E-state index contributed by atoms with van der Waals surface area (Å²) in [6, 6.07) is 7.81. The summed E-state index contributed by atoms with van der Waals surface area (Å²) in [6.45, 7) is 2.13. The van der Waals surface area contributed by atoms with Gasteiger partial charge in [0.25, 0.3) is 0 Å². The Kier molecular flexibility index (Phi) is 3.76. The summed E-state index contributed by atoms with van der Waals surface area (Å²) in [4.78, 5) is 8.34. The fourth-order valence-electron chi connectivity index (χ4n) is 1.66. The zero-order valence-corrected chi connectivity index (χ0v) is 10.3. The van der Waals surface area contributed by atoms with Gasteiger partial charge in [0.15, 0.2) is 0 Å². The lowest BCUT2D eigenvalue weighted by molar-refractivity contribution is 0.282. The zero-order valence-electron chi connectivity index (χ0n) is 9.52. The van der Waals surface area contributed by atoms with Crippen LogP contribution in [0.15, 0.2) is 24.3 Å². The first-order valence-corrected chi connectivity index (χ1v) is 5.88. The van der Waals surface area contributed by atoms with E-state index in [0.29, 0.717) is 12.2 Å². The van der Waals surface area contributed by atoms with Crippen LogP contribution < -0.4 is 5.32 Å². The molecule has 17 heavy (non-hydrogen) atoms. The van der Waals surface area contributed by atoms with Crippen LogP contribution in [-0.4, -0.2) is 27.7 Å². The third-order valence-electron chi connectivity index (χ3n) is 2.52. The van der Waals surface area contributed by atoms with Gasteiger partial charge in [-0.1, -0.05) is 12.1 Å². The van der Waals surface area contributed by atoms with E-state index in [1.807, 2.05) is 31.2 Å². The first kappa shape index (κ1) is 12.1. The molecule has 90 valence electrons. The average Bonchev–Trinajstić information content (AvgIpc) is 2.29. The number of nitrogens with one attached hydrogen (secondary N) is 1. The summed E-state index contributed by atoms with van der Waals surface area (Å²) in [5.41, 5.74) is 0.811. The Labute approximate surface area is 105 Å². The number of hydrogen-bond acceptors (Lipinski definition) is 4. The highest BCUT2D eigenvalue weighted by atomic mass is 35.5. The van der Waals surface area contributed by atoms with Gasteiger partial charge in [0.1, 0.15) is 5.82 Å². The highest BCUT2D eigenvalue weighted by Crippen LogP contribution is 2.22. The zero-order chi connectivity index (χ0) is 12.3. The van der Waals surface area contributed by atoms with E-state index in [0.717, 1.165) is 10.9 Å². The Balaban J connectivity index is 2.38. The summed E-state index contributed by atoms with van der Waals surface area (Å²) in [5, 5.41) is 13.3. The number of fused-ring (bicyclic) bond motifs is 1. The number of nitrogens with zero attached hydrogens (tertiary/aromatic N) is 2. The second-order valence-corrected chi connectivity index (χ2v) is 4.25.